The Morgan fingerprint density at radius 3 is 1.80 bits per heavy atom. The van der Waals surface area contributed by atoms with Gasteiger partial charge in [-0.25, -0.2) is 4.98 Å². The molecule has 0 aliphatic rings. The lowest BCUT2D eigenvalue weighted by Crippen LogP contribution is -1.98. The highest BCUT2D eigenvalue weighted by molar-refractivity contribution is 6.22. The van der Waals surface area contributed by atoms with Crippen molar-refractivity contribution >= 4 is 43.4 Å². The number of fused-ring (bicyclic) bond motifs is 4. The van der Waals surface area contributed by atoms with Gasteiger partial charge in [0.2, 0.25) is 0 Å². The van der Waals surface area contributed by atoms with Crippen LogP contribution in [-0.4, -0.2) is 14.5 Å². The Bertz CT molecular complexity index is 2890. The van der Waals surface area contributed by atoms with Crippen LogP contribution in [0.2, 0.25) is 0 Å². The van der Waals surface area contributed by atoms with E-state index >= 15 is 0 Å². The van der Waals surface area contributed by atoms with Crippen LogP contribution >= 0.6 is 0 Å². The van der Waals surface area contributed by atoms with Crippen LogP contribution in [0.3, 0.4) is 0 Å². The maximum Gasteiger partial charge on any atom is 0.145 e. The Morgan fingerprint density at radius 1 is 0.373 bits per heavy atom. The maximum absolute atomic E-state index is 5.07. The zero-order valence-electron chi connectivity index (χ0n) is 27.7. The fraction of sp³-hybridized carbons (Fsp3) is 0. The molecule has 0 aliphatic heterocycles. The summed E-state index contributed by atoms with van der Waals surface area (Å²) in [7, 11) is 0. The van der Waals surface area contributed by atoms with E-state index in [1.807, 2.05) is 18.5 Å². The second-order valence-electron chi connectivity index (χ2n) is 13.0. The van der Waals surface area contributed by atoms with Gasteiger partial charge in [-0.05, 0) is 114 Å². The molecule has 238 valence electrons. The molecule has 2 heterocycles. The van der Waals surface area contributed by atoms with Crippen LogP contribution < -0.4 is 0 Å². The van der Waals surface area contributed by atoms with Crippen molar-refractivity contribution in [2.45, 2.75) is 0 Å². The van der Waals surface area contributed by atoms with Crippen LogP contribution in [0.25, 0.3) is 93.8 Å². The normalized spacial score (nSPS) is 11.5. The molecule has 51 heavy (non-hydrogen) atoms. The number of rotatable bonds is 5. The van der Waals surface area contributed by atoms with E-state index in [9.17, 15) is 0 Å². The van der Waals surface area contributed by atoms with Crippen molar-refractivity contribution in [1.29, 1.82) is 0 Å². The van der Waals surface area contributed by atoms with Gasteiger partial charge < -0.3 is 0 Å². The van der Waals surface area contributed by atoms with Crippen LogP contribution in [0.5, 0.6) is 0 Å². The molecule has 0 saturated carbocycles. The Balaban J connectivity index is 1.22. The molecule has 3 nitrogen and oxygen atoms in total. The minimum Gasteiger partial charge on any atom is -0.292 e. The van der Waals surface area contributed by atoms with Crippen molar-refractivity contribution in [2.24, 2.45) is 0 Å². The molecular weight excluding hydrogens is 619 g/mol. The van der Waals surface area contributed by atoms with Gasteiger partial charge in [-0.2, -0.15) is 0 Å². The molecule has 0 N–H and O–H groups in total. The number of hydrogen-bond donors (Lipinski definition) is 0. The fourth-order valence-electron chi connectivity index (χ4n) is 7.71. The highest BCUT2D eigenvalue weighted by Gasteiger charge is 2.19. The van der Waals surface area contributed by atoms with E-state index in [4.69, 9.17) is 4.98 Å². The summed E-state index contributed by atoms with van der Waals surface area (Å²) in [6, 6.07) is 63.2. The first-order chi connectivity index (χ1) is 25.3. The van der Waals surface area contributed by atoms with Crippen LogP contribution in [0.4, 0.5) is 0 Å². The number of benzene rings is 8. The molecule has 0 bridgehead atoms. The Labute approximate surface area is 295 Å². The first kappa shape index (κ1) is 29.1. The number of pyridine rings is 1. The first-order valence-corrected chi connectivity index (χ1v) is 17.3. The van der Waals surface area contributed by atoms with Gasteiger partial charge in [0.15, 0.2) is 0 Å². The highest BCUT2D eigenvalue weighted by atomic mass is 15.1. The summed E-state index contributed by atoms with van der Waals surface area (Å²) in [4.78, 5) is 9.35. The van der Waals surface area contributed by atoms with E-state index in [1.54, 1.807) is 0 Å². The lowest BCUT2D eigenvalue weighted by molar-refractivity contribution is 1.10. The quantitative estimate of drug-likeness (QED) is 0.174. The molecule has 0 radical (unpaired) electrons. The summed E-state index contributed by atoms with van der Waals surface area (Å²) in [5.41, 5.74) is 11.4. The van der Waals surface area contributed by atoms with Crippen molar-refractivity contribution in [3.63, 3.8) is 0 Å². The summed E-state index contributed by atoms with van der Waals surface area (Å²) in [5.74, 6) is 0.934. The minimum atomic E-state index is 0.934. The standard InChI is InChI=1S/C48H31N3/c1-2-11-35(12-3-1)48-50-44-16-8-9-17-45(44)51(48)39-23-20-34(21-24-39)46-40-14-6-7-15-41(40)47(38-19-18-32-10-4-5-13-36(32)30-38)43-31-37(22-25-42(43)46)33-26-28-49-29-27-33/h1-31H. The molecule has 3 heteroatoms. The second kappa shape index (κ2) is 11.9. The fourth-order valence-corrected chi connectivity index (χ4v) is 7.71. The third-order valence-corrected chi connectivity index (χ3v) is 10.1. The van der Waals surface area contributed by atoms with Gasteiger partial charge in [-0.15, -0.1) is 0 Å². The molecule has 10 rings (SSSR count). The molecular formula is C48H31N3. The number of aromatic nitrogens is 3. The number of nitrogens with zero attached hydrogens (tertiary/aromatic N) is 3. The van der Waals surface area contributed by atoms with Crippen molar-refractivity contribution in [3.05, 3.63) is 188 Å². The highest BCUT2D eigenvalue weighted by Crippen LogP contribution is 2.45. The molecule has 0 unspecified atom stereocenters. The smallest absolute Gasteiger partial charge is 0.145 e. The van der Waals surface area contributed by atoms with E-state index in [2.05, 4.69) is 179 Å². The third kappa shape index (κ3) is 4.90. The van der Waals surface area contributed by atoms with E-state index in [0.29, 0.717) is 0 Å². The summed E-state index contributed by atoms with van der Waals surface area (Å²) in [6.45, 7) is 0. The van der Waals surface area contributed by atoms with Crippen molar-refractivity contribution in [3.8, 4) is 50.5 Å². The molecule has 0 fully saturated rings. The summed E-state index contributed by atoms with van der Waals surface area (Å²) in [5, 5.41) is 7.39. The third-order valence-electron chi connectivity index (χ3n) is 10.1. The summed E-state index contributed by atoms with van der Waals surface area (Å²) >= 11 is 0. The Hall–Kier alpha value is -6.84. The topological polar surface area (TPSA) is 30.7 Å². The monoisotopic (exact) mass is 649 g/mol. The van der Waals surface area contributed by atoms with Crippen molar-refractivity contribution in [1.82, 2.24) is 14.5 Å². The second-order valence-corrected chi connectivity index (χ2v) is 13.0. The first-order valence-electron chi connectivity index (χ1n) is 17.3. The number of imidazole rings is 1. The Morgan fingerprint density at radius 2 is 1.00 bits per heavy atom. The van der Waals surface area contributed by atoms with Crippen LogP contribution in [0.15, 0.2) is 188 Å². The Kier molecular flexibility index (Phi) is 6.81. The molecule has 0 spiro atoms. The van der Waals surface area contributed by atoms with Crippen molar-refractivity contribution in [2.75, 3.05) is 0 Å². The van der Waals surface area contributed by atoms with Crippen LogP contribution in [0, 0.1) is 0 Å². The van der Waals surface area contributed by atoms with Gasteiger partial charge >= 0.3 is 0 Å². The van der Waals surface area contributed by atoms with Gasteiger partial charge in [0, 0.05) is 23.6 Å². The SMILES string of the molecule is c1ccc(-c2nc3ccccc3n2-c2ccc(-c3c4ccccc4c(-c4ccc5ccccc5c4)c4cc(-c5ccncc5)ccc34)cc2)cc1. The number of para-hydroxylation sites is 2. The van der Waals surface area contributed by atoms with Gasteiger partial charge in [-0.3, -0.25) is 9.55 Å². The zero-order valence-corrected chi connectivity index (χ0v) is 27.7. The lowest BCUT2D eigenvalue weighted by atomic mass is 9.84. The van der Waals surface area contributed by atoms with Crippen LogP contribution in [0.1, 0.15) is 0 Å². The van der Waals surface area contributed by atoms with Gasteiger partial charge in [0.05, 0.1) is 11.0 Å². The van der Waals surface area contributed by atoms with E-state index in [-0.39, 0.29) is 0 Å². The molecule has 8 aromatic carbocycles. The van der Waals surface area contributed by atoms with Crippen LogP contribution in [-0.2, 0) is 0 Å². The zero-order chi connectivity index (χ0) is 33.7. The number of hydrogen-bond acceptors (Lipinski definition) is 2. The average molecular weight is 650 g/mol. The van der Waals surface area contributed by atoms with E-state index in [0.717, 1.165) is 33.7 Å². The van der Waals surface area contributed by atoms with E-state index < -0.39 is 0 Å². The molecule has 0 amide bonds. The molecule has 0 atom stereocenters. The molecule has 0 saturated heterocycles. The maximum atomic E-state index is 5.07. The average Bonchev–Trinajstić information content (AvgIpc) is 3.60. The van der Waals surface area contributed by atoms with Gasteiger partial charge in [0.1, 0.15) is 5.82 Å². The lowest BCUT2D eigenvalue weighted by Gasteiger charge is -2.19. The molecule has 10 aromatic rings. The largest absolute Gasteiger partial charge is 0.292 e. The van der Waals surface area contributed by atoms with Gasteiger partial charge in [0.25, 0.3) is 0 Å². The van der Waals surface area contributed by atoms with E-state index in [1.165, 1.54) is 60.1 Å². The predicted octanol–water partition coefficient (Wildman–Crippen LogP) is 12.5. The van der Waals surface area contributed by atoms with Gasteiger partial charge in [-0.1, -0.05) is 127 Å². The molecule has 2 aromatic heterocycles. The summed E-state index contributed by atoms with van der Waals surface area (Å²) in [6.07, 6.45) is 3.73. The van der Waals surface area contributed by atoms with Crippen molar-refractivity contribution < 1.29 is 0 Å². The summed E-state index contributed by atoms with van der Waals surface area (Å²) < 4.78 is 2.27. The minimum absolute atomic E-state index is 0.934. The molecule has 0 aliphatic carbocycles. The predicted molar refractivity (Wildman–Crippen MR) is 213 cm³/mol.